The molecule has 0 radical (unpaired) electrons. The van der Waals surface area contributed by atoms with Crippen molar-refractivity contribution in [1.29, 1.82) is 0 Å². The Hall–Kier alpha value is -1.92. The monoisotopic (exact) mass is 248 g/mol. The van der Waals surface area contributed by atoms with Crippen molar-refractivity contribution in [2.24, 2.45) is 0 Å². The lowest BCUT2D eigenvalue weighted by Crippen LogP contribution is -2.36. The smallest absolute Gasteiger partial charge is 0.405 e. The molecule has 0 spiro atoms. The van der Waals surface area contributed by atoms with Crippen molar-refractivity contribution in [1.82, 2.24) is 5.32 Å². The van der Waals surface area contributed by atoms with Gasteiger partial charge in [0, 0.05) is 11.8 Å². The van der Waals surface area contributed by atoms with Crippen LogP contribution >= 0.6 is 0 Å². The third-order valence-electron chi connectivity index (χ3n) is 1.92. The molecule has 3 N–H and O–H groups in total. The van der Waals surface area contributed by atoms with Gasteiger partial charge >= 0.3 is 12.2 Å². The van der Waals surface area contributed by atoms with Gasteiger partial charge in [0.2, 0.25) is 0 Å². The number of anilines is 1. The molecule has 0 heterocycles. The van der Waals surface area contributed by atoms with Crippen LogP contribution in [0.1, 0.15) is 5.56 Å². The van der Waals surface area contributed by atoms with E-state index < -0.39 is 18.8 Å². The first-order valence-electron chi connectivity index (χ1n) is 4.69. The third-order valence-corrected chi connectivity index (χ3v) is 1.92. The fourth-order valence-electron chi connectivity index (χ4n) is 1.04. The van der Waals surface area contributed by atoms with Gasteiger partial charge in [-0.15, -0.1) is 0 Å². The summed E-state index contributed by atoms with van der Waals surface area (Å²) < 4.78 is 35.4. The predicted molar refractivity (Wildman–Crippen MR) is 55.9 cm³/mol. The molecule has 0 unspecified atom stereocenters. The summed E-state index contributed by atoms with van der Waals surface area (Å²) in [7, 11) is 0. The Bertz CT molecular complexity index is 419. The number of phenolic OH excluding ortho intramolecular Hbond substituents is 1. The van der Waals surface area contributed by atoms with E-state index in [0.717, 1.165) is 0 Å². The van der Waals surface area contributed by atoms with Gasteiger partial charge in [-0.3, -0.25) is 0 Å². The van der Waals surface area contributed by atoms with Crippen molar-refractivity contribution >= 4 is 11.7 Å². The molecule has 0 fully saturated rings. The van der Waals surface area contributed by atoms with Crippen LogP contribution in [0.15, 0.2) is 18.2 Å². The molecule has 4 nitrogen and oxygen atoms in total. The number of phenols is 1. The second-order valence-electron chi connectivity index (χ2n) is 3.42. The van der Waals surface area contributed by atoms with Crippen LogP contribution in [0.5, 0.6) is 5.75 Å². The Balaban J connectivity index is 2.54. The van der Waals surface area contributed by atoms with Gasteiger partial charge in [0.05, 0.1) is 0 Å². The molecule has 0 aromatic heterocycles. The Morgan fingerprint density at radius 2 is 2.06 bits per heavy atom. The maximum Gasteiger partial charge on any atom is 0.405 e. The fraction of sp³-hybridized carbons (Fsp3) is 0.300. The molecule has 2 amide bonds. The fourth-order valence-corrected chi connectivity index (χ4v) is 1.04. The van der Waals surface area contributed by atoms with E-state index in [2.05, 4.69) is 5.32 Å². The number of nitrogens with one attached hydrogen (secondary N) is 2. The maximum absolute atomic E-state index is 11.8. The Morgan fingerprint density at radius 3 is 2.59 bits per heavy atom. The molecule has 0 atom stereocenters. The molecule has 0 aliphatic heterocycles. The van der Waals surface area contributed by atoms with Gasteiger partial charge in [0.25, 0.3) is 0 Å². The van der Waals surface area contributed by atoms with Gasteiger partial charge in [-0.2, -0.15) is 13.2 Å². The van der Waals surface area contributed by atoms with E-state index in [9.17, 15) is 23.1 Å². The van der Waals surface area contributed by atoms with Crippen molar-refractivity contribution < 1.29 is 23.1 Å². The average molecular weight is 248 g/mol. The minimum Gasteiger partial charge on any atom is -0.508 e. The lowest BCUT2D eigenvalue weighted by molar-refractivity contribution is -0.122. The summed E-state index contributed by atoms with van der Waals surface area (Å²) in [6.07, 6.45) is -4.45. The van der Waals surface area contributed by atoms with Crippen LogP contribution in [-0.2, 0) is 0 Å². The molecule has 7 heteroatoms. The van der Waals surface area contributed by atoms with E-state index in [1.165, 1.54) is 18.2 Å². The van der Waals surface area contributed by atoms with E-state index in [0.29, 0.717) is 5.56 Å². The molecule has 17 heavy (non-hydrogen) atoms. The van der Waals surface area contributed by atoms with Crippen LogP contribution in [0.2, 0.25) is 0 Å². The lowest BCUT2D eigenvalue weighted by Gasteiger charge is -2.10. The van der Waals surface area contributed by atoms with Crippen molar-refractivity contribution in [3.63, 3.8) is 0 Å². The van der Waals surface area contributed by atoms with E-state index in [1.807, 2.05) is 0 Å². The number of urea groups is 1. The standard InChI is InChI=1S/C10H11F3N2O2/c1-6-2-3-7(4-8(6)16)15-9(17)14-5-10(11,12)13/h2-4,16H,5H2,1H3,(H2,14,15,17). The van der Waals surface area contributed by atoms with Crippen LogP contribution < -0.4 is 10.6 Å². The highest BCUT2D eigenvalue weighted by Crippen LogP contribution is 2.20. The van der Waals surface area contributed by atoms with E-state index in [4.69, 9.17) is 0 Å². The first-order valence-corrected chi connectivity index (χ1v) is 4.69. The summed E-state index contributed by atoms with van der Waals surface area (Å²) in [5.74, 6) is -0.0429. The van der Waals surface area contributed by atoms with Crippen LogP contribution in [0, 0.1) is 6.92 Å². The van der Waals surface area contributed by atoms with Crippen LogP contribution in [0.25, 0.3) is 0 Å². The molecule has 1 aromatic rings. The summed E-state index contributed by atoms with van der Waals surface area (Å²) >= 11 is 0. The normalized spacial score (nSPS) is 11.1. The molecular weight excluding hydrogens is 237 g/mol. The second kappa shape index (κ2) is 4.94. The van der Waals surface area contributed by atoms with E-state index in [1.54, 1.807) is 12.2 Å². The SMILES string of the molecule is Cc1ccc(NC(=O)NCC(F)(F)F)cc1O. The van der Waals surface area contributed by atoms with Gasteiger partial charge < -0.3 is 15.7 Å². The predicted octanol–water partition coefficient (Wildman–Crippen LogP) is 2.38. The van der Waals surface area contributed by atoms with Crippen LogP contribution in [-0.4, -0.2) is 23.9 Å². The van der Waals surface area contributed by atoms with Gasteiger partial charge in [0.1, 0.15) is 12.3 Å². The number of benzene rings is 1. The average Bonchev–Trinajstić information content (AvgIpc) is 2.20. The van der Waals surface area contributed by atoms with Gasteiger partial charge in [0.15, 0.2) is 0 Å². The first-order chi connectivity index (χ1) is 7.78. The highest BCUT2D eigenvalue weighted by molar-refractivity contribution is 5.89. The molecule has 0 aliphatic carbocycles. The van der Waals surface area contributed by atoms with Gasteiger partial charge in [-0.25, -0.2) is 4.79 Å². The minimum absolute atomic E-state index is 0.0429. The highest BCUT2D eigenvalue weighted by Gasteiger charge is 2.27. The number of aromatic hydroxyl groups is 1. The number of aryl methyl sites for hydroxylation is 1. The third kappa shape index (κ3) is 4.62. The summed E-state index contributed by atoms with van der Waals surface area (Å²) in [5.41, 5.74) is 0.819. The molecule has 0 saturated carbocycles. The number of hydrogen-bond donors (Lipinski definition) is 3. The first kappa shape index (κ1) is 13.1. The Labute approximate surface area is 95.4 Å². The molecule has 94 valence electrons. The van der Waals surface area contributed by atoms with Crippen LogP contribution in [0.3, 0.4) is 0 Å². The molecule has 0 bridgehead atoms. The Kier molecular flexibility index (Phi) is 3.82. The molecule has 1 rings (SSSR count). The highest BCUT2D eigenvalue weighted by atomic mass is 19.4. The zero-order valence-electron chi connectivity index (χ0n) is 8.93. The number of alkyl halides is 3. The summed E-state index contributed by atoms with van der Waals surface area (Å²) in [5, 5.41) is 13.1. The Morgan fingerprint density at radius 1 is 1.41 bits per heavy atom. The maximum atomic E-state index is 11.8. The molecule has 1 aromatic carbocycles. The zero-order valence-corrected chi connectivity index (χ0v) is 8.93. The molecule has 0 aliphatic rings. The zero-order chi connectivity index (χ0) is 13.1. The second-order valence-corrected chi connectivity index (χ2v) is 3.42. The topological polar surface area (TPSA) is 61.4 Å². The molecule has 0 saturated heterocycles. The van der Waals surface area contributed by atoms with E-state index in [-0.39, 0.29) is 11.4 Å². The van der Waals surface area contributed by atoms with Crippen molar-refractivity contribution in [2.45, 2.75) is 13.1 Å². The number of amides is 2. The summed E-state index contributed by atoms with van der Waals surface area (Å²) in [6, 6.07) is 3.28. The van der Waals surface area contributed by atoms with Crippen molar-refractivity contribution in [3.8, 4) is 5.75 Å². The lowest BCUT2D eigenvalue weighted by atomic mass is 10.2. The largest absolute Gasteiger partial charge is 0.508 e. The van der Waals surface area contributed by atoms with Crippen molar-refractivity contribution in [2.75, 3.05) is 11.9 Å². The number of hydrogen-bond acceptors (Lipinski definition) is 2. The quantitative estimate of drug-likeness (QED) is 0.752. The number of halogens is 3. The number of carbonyl (C=O) groups is 1. The van der Waals surface area contributed by atoms with Gasteiger partial charge in [-0.05, 0) is 18.6 Å². The van der Waals surface area contributed by atoms with Crippen LogP contribution in [0.4, 0.5) is 23.7 Å². The van der Waals surface area contributed by atoms with Gasteiger partial charge in [-0.1, -0.05) is 6.07 Å². The minimum atomic E-state index is -4.45. The van der Waals surface area contributed by atoms with Crippen molar-refractivity contribution in [3.05, 3.63) is 23.8 Å². The molecular formula is C10H11F3N2O2. The summed E-state index contributed by atoms with van der Waals surface area (Å²) in [6.45, 7) is 0.250. The summed E-state index contributed by atoms with van der Waals surface area (Å²) in [4.78, 5) is 11.1. The number of rotatable bonds is 2. The number of carbonyl (C=O) groups excluding carboxylic acids is 1. The van der Waals surface area contributed by atoms with E-state index >= 15 is 0 Å².